The number of hydrogen-bond acceptors (Lipinski definition) is 6. The molecule has 7 nitrogen and oxygen atoms in total. The molecule has 0 unspecified atom stereocenters. The Morgan fingerprint density at radius 3 is 2.72 bits per heavy atom. The fourth-order valence-corrected chi connectivity index (χ4v) is 2.03. The maximum absolute atomic E-state index is 13.7. The van der Waals surface area contributed by atoms with E-state index in [1.807, 2.05) is 0 Å². The normalized spacial score (nSPS) is 10.7. The molecule has 0 spiro atoms. The van der Waals surface area contributed by atoms with Crippen molar-refractivity contribution >= 4 is 23.8 Å². The third kappa shape index (κ3) is 4.37. The molecule has 25 heavy (non-hydrogen) atoms. The van der Waals surface area contributed by atoms with Crippen molar-refractivity contribution in [1.29, 1.82) is 0 Å². The van der Waals surface area contributed by atoms with Gasteiger partial charge in [0.25, 0.3) is 5.69 Å². The summed E-state index contributed by atoms with van der Waals surface area (Å²) in [4.78, 5) is 26.1. The Bertz CT molecular complexity index is 836. The van der Waals surface area contributed by atoms with Crippen LogP contribution in [0.25, 0.3) is 12.2 Å². The number of methoxy groups -OCH3 is 1. The highest BCUT2D eigenvalue weighted by atomic mass is 19.1. The predicted molar refractivity (Wildman–Crippen MR) is 88.7 cm³/mol. The minimum atomic E-state index is -0.723. The van der Waals surface area contributed by atoms with Gasteiger partial charge in [-0.05, 0) is 30.7 Å². The zero-order valence-electron chi connectivity index (χ0n) is 13.6. The SMILES string of the molecule is CCOC(=O)c1cc([N+](=O)[O-])cnc1/C=C/c1ccc(OC)c(F)c1. The van der Waals surface area contributed by atoms with Crippen LogP contribution in [-0.2, 0) is 4.74 Å². The molecule has 0 saturated carbocycles. The van der Waals surface area contributed by atoms with Gasteiger partial charge in [0.2, 0.25) is 0 Å². The third-order valence-corrected chi connectivity index (χ3v) is 3.22. The summed E-state index contributed by atoms with van der Waals surface area (Å²) >= 11 is 0. The zero-order chi connectivity index (χ0) is 18.4. The lowest BCUT2D eigenvalue weighted by Crippen LogP contribution is -2.08. The Labute approximate surface area is 142 Å². The van der Waals surface area contributed by atoms with Crippen LogP contribution in [0, 0.1) is 15.9 Å². The van der Waals surface area contributed by atoms with E-state index in [0.717, 1.165) is 12.3 Å². The molecule has 2 aromatic rings. The lowest BCUT2D eigenvalue weighted by Gasteiger charge is -2.05. The predicted octanol–water partition coefficient (Wildman–Crippen LogP) is 3.48. The second kappa shape index (κ2) is 8.00. The molecule has 2 rings (SSSR count). The fourth-order valence-electron chi connectivity index (χ4n) is 2.03. The molecule has 8 heteroatoms. The van der Waals surface area contributed by atoms with E-state index in [1.54, 1.807) is 13.0 Å². The molecule has 0 saturated heterocycles. The minimum Gasteiger partial charge on any atom is -0.494 e. The van der Waals surface area contributed by atoms with Crippen molar-refractivity contribution in [1.82, 2.24) is 4.98 Å². The first kappa shape index (κ1) is 18.1. The van der Waals surface area contributed by atoms with Crippen LogP contribution in [-0.4, -0.2) is 29.6 Å². The number of hydrogen-bond donors (Lipinski definition) is 0. The quantitative estimate of drug-likeness (QED) is 0.452. The first-order chi connectivity index (χ1) is 12.0. The van der Waals surface area contributed by atoms with Crippen LogP contribution in [0.4, 0.5) is 10.1 Å². The van der Waals surface area contributed by atoms with E-state index in [2.05, 4.69) is 4.98 Å². The third-order valence-electron chi connectivity index (χ3n) is 3.22. The summed E-state index contributed by atoms with van der Waals surface area (Å²) in [6.07, 6.45) is 4.02. The number of nitrogens with zero attached hydrogens (tertiary/aromatic N) is 2. The van der Waals surface area contributed by atoms with Crippen LogP contribution >= 0.6 is 0 Å². The number of aromatic nitrogens is 1. The van der Waals surface area contributed by atoms with Gasteiger partial charge < -0.3 is 9.47 Å². The second-order valence-electron chi connectivity index (χ2n) is 4.83. The van der Waals surface area contributed by atoms with Gasteiger partial charge in [0.15, 0.2) is 11.6 Å². The van der Waals surface area contributed by atoms with Crippen LogP contribution in [0.2, 0.25) is 0 Å². The summed E-state index contributed by atoms with van der Waals surface area (Å²) in [7, 11) is 1.36. The van der Waals surface area contributed by atoms with E-state index >= 15 is 0 Å². The average Bonchev–Trinajstić information content (AvgIpc) is 2.60. The van der Waals surface area contributed by atoms with Crippen LogP contribution in [0.5, 0.6) is 5.75 Å². The molecule has 0 aliphatic heterocycles. The standard InChI is InChI=1S/C17H15FN2O5/c1-3-25-17(21)13-9-12(20(22)23)10-19-15(13)6-4-11-5-7-16(24-2)14(18)8-11/h4-10H,3H2,1-2H3/b6-4+. The molecular weight excluding hydrogens is 331 g/mol. The lowest BCUT2D eigenvalue weighted by atomic mass is 10.1. The summed E-state index contributed by atoms with van der Waals surface area (Å²) in [5.41, 5.74) is 0.325. The molecule has 1 aromatic carbocycles. The number of nitro groups is 1. The minimum absolute atomic E-state index is 0.0405. The van der Waals surface area contributed by atoms with Crippen LogP contribution in [0.15, 0.2) is 30.5 Å². The molecule has 0 aliphatic rings. The summed E-state index contributed by atoms with van der Waals surface area (Å²) in [5, 5.41) is 10.9. The Balaban J connectivity index is 2.38. The van der Waals surface area contributed by atoms with Crippen molar-refractivity contribution in [3.05, 3.63) is 63.2 Å². The van der Waals surface area contributed by atoms with E-state index in [4.69, 9.17) is 9.47 Å². The van der Waals surface area contributed by atoms with E-state index < -0.39 is 16.7 Å². The summed E-state index contributed by atoms with van der Waals surface area (Å²) in [5.74, 6) is -1.15. The van der Waals surface area contributed by atoms with Gasteiger partial charge in [-0.2, -0.15) is 0 Å². The van der Waals surface area contributed by atoms with E-state index in [1.165, 1.54) is 31.4 Å². The molecule has 0 fully saturated rings. The van der Waals surface area contributed by atoms with Gasteiger partial charge in [0.1, 0.15) is 6.20 Å². The molecule has 130 valence electrons. The van der Waals surface area contributed by atoms with Gasteiger partial charge in [0, 0.05) is 6.07 Å². The Morgan fingerprint density at radius 1 is 1.36 bits per heavy atom. The molecule has 0 bridgehead atoms. The Kier molecular flexibility index (Phi) is 5.78. The van der Waals surface area contributed by atoms with Gasteiger partial charge in [-0.25, -0.2) is 14.2 Å². The van der Waals surface area contributed by atoms with Crippen molar-refractivity contribution in [2.75, 3.05) is 13.7 Å². The average molecular weight is 346 g/mol. The van der Waals surface area contributed by atoms with Gasteiger partial charge in [-0.3, -0.25) is 10.1 Å². The molecule has 0 N–H and O–H groups in total. The molecule has 1 aromatic heterocycles. The summed E-state index contributed by atoms with van der Waals surface area (Å²) < 4.78 is 23.4. The Hall–Kier alpha value is -3.29. The molecule has 0 atom stereocenters. The van der Waals surface area contributed by atoms with Gasteiger partial charge in [-0.1, -0.05) is 12.1 Å². The first-order valence-corrected chi connectivity index (χ1v) is 7.29. The molecule has 0 radical (unpaired) electrons. The molecular formula is C17H15FN2O5. The number of ether oxygens (including phenoxy) is 2. The highest BCUT2D eigenvalue weighted by molar-refractivity contribution is 5.94. The number of pyridine rings is 1. The summed E-state index contributed by atoms with van der Waals surface area (Å²) in [6.45, 7) is 1.74. The number of halogens is 1. The summed E-state index contributed by atoms with van der Waals surface area (Å²) in [6, 6.07) is 5.43. The lowest BCUT2D eigenvalue weighted by molar-refractivity contribution is -0.385. The van der Waals surface area contributed by atoms with E-state index in [9.17, 15) is 19.3 Å². The monoisotopic (exact) mass is 346 g/mol. The zero-order valence-corrected chi connectivity index (χ0v) is 13.6. The topological polar surface area (TPSA) is 91.6 Å². The molecule has 0 amide bonds. The largest absolute Gasteiger partial charge is 0.494 e. The van der Waals surface area contributed by atoms with E-state index in [0.29, 0.717) is 5.56 Å². The number of carbonyl (C=O) groups excluding carboxylic acids is 1. The maximum atomic E-state index is 13.7. The van der Waals surface area contributed by atoms with Gasteiger partial charge in [0.05, 0.1) is 29.9 Å². The van der Waals surface area contributed by atoms with Crippen molar-refractivity contribution in [3.63, 3.8) is 0 Å². The van der Waals surface area contributed by atoms with Crippen molar-refractivity contribution in [3.8, 4) is 5.75 Å². The van der Waals surface area contributed by atoms with Gasteiger partial charge >= 0.3 is 5.97 Å². The number of esters is 1. The molecule has 0 aliphatic carbocycles. The second-order valence-corrected chi connectivity index (χ2v) is 4.83. The van der Waals surface area contributed by atoms with Crippen molar-refractivity contribution in [2.45, 2.75) is 6.92 Å². The highest BCUT2D eigenvalue weighted by Gasteiger charge is 2.17. The van der Waals surface area contributed by atoms with Crippen molar-refractivity contribution in [2.24, 2.45) is 0 Å². The van der Waals surface area contributed by atoms with Crippen molar-refractivity contribution < 1.29 is 23.6 Å². The fraction of sp³-hybridized carbons (Fsp3) is 0.176. The number of rotatable bonds is 6. The van der Waals surface area contributed by atoms with Crippen LogP contribution in [0.1, 0.15) is 28.5 Å². The van der Waals surface area contributed by atoms with Crippen LogP contribution < -0.4 is 4.74 Å². The Morgan fingerprint density at radius 2 is 2.12 bits per heavy atom. The maximum Gasteiger partial charge on any atom is 0.340 e. The number of benzene rings is 1. The van der Waals surface area contributed by atoms with E-state index in [-0.39, 0.29) is 29.3 Å². The highest BCUT2D eigenvalue weighted by Crippen LogP contribution is 2.21. The smallest absolute Gasteiger partial charge is 0.340 e. The first-order valence-electron chi connectivity index (χ1n) is 7.29. The van der Waals surface area contributed by atoms with Gasteiger partial charge in [-0.15, -0.1) is 0 Å². The number of carbonyl (C=O) groups is 1. The van der Waals surface area contributed by atoms with Crippen LogP contribution in [0.3, 0.4) is 0 Å². The molecule has 1 heterocycles.